The van der Waals surface area contributed by atoms with Crippen LogP contribution >= 0.6 is 24.0 Å². The van der Waals surface area contributed by atoms with Gasteiger partial charge in [-0.15, -0.1) is 0 Å². The summed E-state index contributed by atoms with van der Waals surface area (Å²) >= 11 is 6.74. The second-order valence-electron chi connectivity index (χ2n) is 7.69. The molecular weight excluding hydrogens is 454 g/mol. The summed E-state index contributed by atoms with van der Waals surface area (Å²) in [5.74, 6) is 0.181. The molecule has 4 rings (SSSR count). The highest BCUT2D eigenvalue weighted by Gasteiger charge is 2.34. The molecule has 1 N–H and O–H groups in total. The van der Waals surface area contributed by atoms with Crippen LogP contribution in [-0.4, -0.2) is 27.4 Å². The van der Waals surface area contributed by atoms with E-state index in [1.54, 1.807) is 18.2 Å². The number of benzene rings is 2. The molecule has 2 heterocycles. The minimum atomic E-state index is -0.234. The van der Waals surface area contributed by atoms with Gasteiger partial charge in [0.05, 0.1) is 4.91 Å². The fourth-order valence-corrected chi connectivity index (χ4v) is 4.64. The molecule has 0 atom stereocenters. The molecule has 1 fully saturated rings. The van der Waals surface area contributed by atoms with Gasteiger partial charge in [-0.2, -0.15) is 5.01 Å². The zero-order valence-electron chi connectivity index (χ0n) is 18.5. The van der Waals surface area contributed by atoms with Crippen molar-refractivity contribution in [3.63, 3.8) is 0 Å². The van der Waals surface area contributed by atoms with Crippen LogP contribution in [0.1, 0.15) is 22.5 Å². The average molecular weight is 478 g/mol. The predicted octanol–water partition coefficient (Wildman–Crippen LogP) is 4.97. The molecule has 0 bridgehead atoms. The Morgan fingerprint density at radius 2 is 1.64 bits per heavy atom. The molecule has 1 aliphatic rings. The van der Waals surface area contributed by atoms with Gasteiger partial charge in [-0.25, -0.2) is 0 Å². The molecule has 0 saturated carbocycles. The molecule has 8 heteroatoms. The van der Waals surface area contributed by atoms with Gasteiger partial charge in [0, 0.05) is 17.1 Å². The average Bonchev–Trinajstić information content (AvgIpc) is 3.26. The van der Waals surface area contributed by atoms with Crippen molar-refractivity contribution in [2.75, 3.05) is 16.9 Å². The fraction of sp³-hybridized carbons (Fsp3) is 0.160. The number of ether oxygens (including phenoxy) is 1. The summed E-state index contributed by atoms with van der Waals surface area (Å²) < 4.78 is 7.91. The third kappa shape index (κ3) is 5.18. The van der Waals surface area contributed by atoms with Crippen LogP contribution in [-0.2, 0) is 9.59 Å². The lowest BCUT2D eigenvalue weighted by molar-refractivity contribution is -0.118. The van der Waals surface area contributed by atoms with Crippen LogP contribution in [0.15, 0.2) is 65.6 Å². The largest absolute Gasteiger partial charge is 0.484 e. The third-order valence-corrected chi connectivity index (χ3v) is 6.37. The van der Waals surface area contributed by atoms with Crippen molar-refractivity contribution in [2.45, 2.75) is 20.8 Å². The minimum absolute atomic E-state index is 0.0958. The normalized spacial score (nSPS) is 14.8. The van der Waals surface area contributed by atoms with Crippen LogP contribution in [0.3, 0.4) is 0 Å². The van der Waals surface area contributed by atoms with Crippen molar-refractivity contribution >= 4 is 51.9 Å². The van der Waals surface area contributed by atoms with E-state index in [9.17, 15) is 9.59 Å². The van der Waals surface area contributed by atoms with Crippen LogP contribution in [0.25, 0.3) is 6.08 Å². The lowest BCUT2D eigenvalue weighted by Crippen LogP contribution is -2.39. The topological polar surface area (TPSA) is 63.6 Å². The number of nitrogens with one attached hydrogen (secondary N) is 1. The molecule has 168 valence electrons. The number of amides is 2. The zero-order chi connectivity index (χ0) is 23.5. The van der Waals surface area contributed by atoms with Gasteiger partial charge < -0.3 is 10.1 Å². The molecule has 3 aromatic rings. The Kier molecular flexibility index (Phi) is 6.67. The van der Waals surface area contributed by atoms with Gasteiger partial charge in [-0.05, 0) is 81.0 Å². The van der Waals surface area contributed by atoms with E-state index in [4.69, 9.17) is 17.0 Å². The van der Waals surface area contributed by atoms with Gasteiger partial charge in [-0.1, -0.05) is 41.6 Å². The molecule has 0 spiro atoms. The molecule has 33 heavy (non-hydrogen) atoms. The molecular formula is C25H23N3O3S2. The van der Waals surface area contributed by atoms with Gasteiger partial charge in [0.15, 0.2) is 10.9 Å². The number of hydrogen-bond acceptors (Lipinski definition) is 5. The van der Waals surface area contributed by atoms with E-state index < -0.39 is 0 Å². The van der Waals surface area contributed by atoms with Crippen molar-refractivity contribution in [3.05, 3.63) is 88.1 Å². The SMILES string of the molecule is Cc1ccc(NC(=O)COc2ccc(C=C3SC(=S)N(n4c(C)ccc4C)C3=O)cc2)cc1. The molecule has 6 nitrogen and oxygen atoms in total. The molecule has 1 saturated heterocycles. The monoisotopic (exact) mass is 477 g/mol. The first-order chi connectivity index (χ1) is 15.8. The van der Waals surface area contributed by atoms with Crippen LogP contribution in [0.2, 0.25) is 0 Å². The first-order valence-electron chi connectivity index (χ1n) is 10.3. The Hall–Kier alpha value is -3.36. The molecule has 0 radical (unpaired) electrons. The molecule has 2 amide bonds. The van der Waals surface area contributed by atoms with Crippen molar-refractivity contribution in [1.82, 2.24) is 4.68 Å². The van der Waals surface area contributed by atoms with E-state index in [-0.39, 0.29) is 18.4 Å². The van der Waals surface area contributed by atoms with Gasteiger partial charge in [0.2, 0.25) is 0 Å². The zero-order valence-corrected chi connectivity index (χ0v) is 20.1. The maximum Gasteiger partial charge on any atom is 0.285 e. The van der Waals surface area contributed by atoms with Crippen molar-refractivity contribution in [1.29, 1.82) is 0 Å². The van der Waals surface area contributed by atoms with E-state index in [0.717, 1.165) is 28.2 Å². The standard InChI is InChI=1S/C25H23N3O3S2/c1-16-4-10-20(11-5-16)26-23(29)15-31-21-12-8-19(9-13-21)14-22-24(30)28(25(32)33-22)27-17(2)6-7-18(27)3/h4-14H,15H2,1-3H3,(H,26,29). The van der Waals surface area contributed by atoms with E-state index in [0.29, 0.717) is 15.0 Å². The van der Waals surface area contributed by atoms with Crippen LogP contribution in [0, 0.1) is 20.8 Å². The number of hydrogen-bond donors (Lipinski definition) is 1. The maximum absolute atomic E-state index is 13.0. The summed E-state index contributed by atoms with van der Waals surface area (Å²) in [4.78, 5) is 25.7. The Labute approximate surface area is 202 Å². The highest BCUT2D eigenvalue weighted by Crippen LogP contribution is 2.33. The quantitative estimate of drug-likeness (QED) is 0.401. The molecule has 1 aliphatic heterocycles. The smallest absolute Gasteiger partial charge is 0.285 e. The van der Waals surface area contributed by atoms with Crippen LogP contribution in [0.5, 0.6) is 5.75 Å². The molecule has 1 aromatic heterocycles. The fourth-order valence-electron chi connectivity index (χ4n) is 3.40. The second-order valence-corrected chi connectivity index (χ2v) is 9.37. The Bertz CT molecular complexity index is 1230. The summed E-state index contributed by atoms with van der Waals surface area (Å²) in [7, 11) is 0. The number of carbonyl (C=O) groups excluding carboxylic acids is 2. The van der Waals surface area contributed by atoms with Gasteiger partial charge in [0.1, 0.15) is 5.75 Å². The number of thioether (sulfide) groups is 1. The maximum atomic E-state index is 13.0. The highest BCUT2D eigenvalue weighted by molar-refractivity contribution is 8.27. The Balaban J connectivity index is 1.38. The van der Waals surface area contributed by atoms with Crippen LogP contribution in [0.4, 0.5) is 5.69 Å². The third-order valence-electron chi connectivity index (χ3n) is 5.09. The van der Waals surface area contributed by atoms with Gasteiger partial charge >= 0.3 is 0 Å². The van der Waals surface area contributed by atoms with Crippen molar-refractivity contribution < 1.29 is 14.3 Å². The van der Waals surface area contributed by atoms with E-state index in [1.807, 2.05) is 74.0 Å². The predicted molar refractivity (Wildman–Crippen MR) is 137 cm³/mol. The molecule has 0 unspecified atom stereocenters. The summed E-state index contributed by atoms with van der Waals surface area (Å²) in [5, 5.41) is 4.33. The summed E-state index contributed by atoms with van der Waals surface area (Å²) in [5.41, 5.74) is 4.58. The van der Waals surface area contributed by atoms with E-state index >= 15 is 0 Å². The second kappa shape index (κ2) is 9.64. The summed E-state index contributed by atoms with van der Waals surface area (Å²) in [6.45, 7) is 5.77. The number of thiocarbonyl (C=S) groups is 1. The van der Waals surface area contributed by atoms with E-state index in [2.05, 4.69) is 5.32 Å². The first-order valence-corrected chi connectivity index (χ1v) is 11.6. The Morgan fingerprint density at radius 1 is 1.00 bits per heavy atom. The highest BCUT2D eigenvalue weighted by atomic mass is 32.2. The minimum Gasteiger partial charge on any atom is -0.484 e. The lowest BCUT2D eigenvalue weighted by Gasteiger charge is -2.20. The number of nitrogens with zero attached hydrogens (tertiary/aromatic N) is 2. The number of anilines is 1. The Morgan fingerprint density at radius 3 is 2.27 bits per heavy atom. The van der Waals surface area contributed by atoms with Crippen LogP contribution < -0.4 is 15.1 Å². The molecule has 2 aromatic carbocycles. The van der Waals surface area contributed by atoms with Crippen molar-refractivity contribution in [3.8, 4) is 5.75 Å². The number of rotatable bonds is 6. The van der Waals surface area contributed by atoms with E-state index in [1.165, 1.54) is 16.8 Å². The molecule has 0 aliphatic carbocycles. The number of aromatic nitrogens is 1. The summed E-state index contributed by atoms with van der Waals surface area (Å²) in [6, 6.07) is 18.7. The van der Waals surface area contributed by atoms with Gasteiger partial charge in [-0.3, -0.25) is 14.3 Å². The van der Waals surface area contributed by atoms with Gasteiger partial charge in [0.25, 0.3) is 11.8 Å². The first kappa shape index (κ1) is 22.8. The number of carbonyl (C=O) groups is 2. The van der Waals surface area contributed by atoms with Crippen molar-refractivity contribution in [2.24, 2.45) is 0 Å². The lowest BCUT2D eigenvalue weighted by atomic mass is 10.2. The number of aryl methyl sites for hydroxylation is 3. The summed E-state index contributed by atoms with van der Waals surface area (Å²) in [6.07, 6.45) is 1.81.